The van der Waals surface area contributed by atoms with Crippen molar-refractivity contribution in [2.45, 2.75) is 77.9 Å². The van der Waals surface area contributed by atoms with Crippen LogP contribution in [-0.2, 0) is 0 Å². The van der Waals surface area contributed by atoms with E-state index in [0.717, 1.165) is 19.3 Å². The molecule has 3 atom stereocenters. The summed E-state index contributed by atoms with van der Waals surface area (Å²) in [6.45, 7) is 10.3. The van der Waals surface area contributed by atoms with Gasteiger partial charge in [0.1, 0.15) is 0 Å². The van der Waals surface area contributed by atoms with Crippen molar-refractivity contribution in [1.82, 2.24) is 0 Å². The maximum atomic E-state index is 10.5. The van der Waals surface area contributed by atoms with Gasteiger partial charge in [-0.1, -0.05) is 49.8 Å². The van der Waals surface area contributed by atoms with Crippen LogP contribution in [0.25, 0.3) is 0 Å². The molecule has 2 N–H and O–H groups in total. The minimum absolute atomic E-state index is 0.491. The van der Waals surface area contributed by atoms with Crippen molar-refractivity contribution in [2.75, 3.05) is 0 Å². The SMILES string of the molecule is CC1=CCCC(C)(O)C=CCC(C)(O)C=CC(C(C)C)CC1. The summed E-state index contributed by atoms with van der Waals surface area (Å²) in [5.74, 6) is 1.06. The largest absolute Gasteiger partial charge is 0.386 e. The van der Waals surface area contributed by atoms with Crippen molar-refractivity contribution in [3.05, 3.63) is 36.0 Å². The van der Waals surface area contributed by atoms with Crippen LogP contribution in [0.2, 0.25) is 0 Å². The molecule has 0 heterocycles. The van der Waals surface area contributed by atoms with Gasteiger partial charge in [0.05, 0.1) is 11.2 Å². The third-order valence-corrected chi connectivity index (χ3v) is 4.58. The molecule has 1 aliphatic rings. The van der Waals surface area contributed by atoms with Gasteiger partial charge in [-0.3, -0.25) is 0 Å². The van der Waals surface area contributed by atoms with E-state index in [9.17, 15) is 10.2 Å². The zero-order valence-electron chi connectivity index (χ0n) is 15.0. The van der Waals surface area contributed by atoms with E-state index in [2.05, 4.69) is 32.9 Å². The summed E-state index contributed by atoms with van der Waals surface area (Å²) in [5, 5.41) is 20.8. The average molecular weight is 306 g/mol. The van der Waals surface area contributed by atoms with Gasteiger partial charge < -0.3 is 10.2 Å². The number of hydrogen-bond donors (Lipinski definition) is 2. The summed E-state index contributed by atoms with van der Waals surface area (Å²) in [4.78, 5) is 0. The predicted octanol–water partition coefficient (Wildman–Crippen LogP) is 4.78. The van der Waals surface area contributed by atoms with Gasteiger partial charge in [-0.15, -0.1) is 0 Å². The minimum atomic E-state index is -0.852. The van der Waals surface area contributed by atoms with Crippen molar-refractivity contribution in [1.29, 1.82) is 0 Å². The molecule has 0 saturated carbocycles. The lowest BCUT2D eigenvalue weighted by Gasteiger charge is -2.23. The van der Waals surface area contributed by atoms with Crippen molar-refractivity contribution in [3.8, 4) is 0 Å². The van der Waals surface area contributed by atoms with E-state index >= 15 is 0 Å². The minimum Gasteiger partial charge on any atom is -0.386 e. The highest BCUT2D eigenvalue weighted by Gasteiger charge is 2.19. The fourth-order valence-corrected chi connectivity index (χ4v) is 2.79. The molecule has 1 rings (SSSR count). The van der Waals surface area contributed by atoms with E-state index in [1.807, 2.05) is 32.1 Å². The van der Waals surface area contributed by atoms with Crippen LogP contribution in [0.3, 0.4) is 0 Å². The van der Waals surface area contributed by atoms with E-state index in [-0.39, 0.29) is 0 Å². The van der Waals surface area contributed by atoms with E-state index in [0.29, 0.717) is 24.7 Å². The highest BCUT2D eigenvalue weighted by Crippen LogP contribution is 2.25. The molecular weight excluding hydrogens is 272 g/mol. The average Bonchev–Trinajstić information content (AvgIpc) is 2.36. The van der Waals surface area contributed by atoms with Crippen molar-refractivity contribution < 1.29 is 10.2 Å². The lowest BCUT2D eigenvalue weighted by Crippen LogP contribution is -2.23. The zero-order chi connectivity index (χ0) is 16.8. The van der Waals surface area contributed by atoms with Gasteiger partial charge in [0.25, 0.3) is 0 Å². The highest BCUT2D eigenvalue weighted by atomic mass is 16.3. The van der Waals surface area contributed by atoms with Gasteiger partial charge in [-0.05, 0) is 64.7 Å². The van der Waals surface area contributed by atoms with Crippen LogP contribution in [0, 0.1) is 11.8 Å². The first kappa shape index (κ1) is 19.2. The Kier molecular flexibility index (Phi) is 7.08. The van der Waals surface area contributed by atoms with E-state index in [1.54, 1.807) is 0 Å². The predicted molar refractivity (Wildman–Crippen MR) is 94.7 cm³/mol. The third kappa shape index (κ3) is 7.42. The molecule has 0 saturated heterocycles. The van der Waals surface area contributed by atoms with Gasteiger partial charge in [0, 0.05) is 0 Å². The standard InChI is InChI=1S/C20H34O2/c1-16(2)18-10-9-17(3)8-6-12-19(4,21)13-7-14-20(5,22)15-11-18/h7-8,11,13,15-16,18,21-22H,6,9-10,12,14H2,1-5H3. The third-order valence-electron chi connectivity index (χ3n) is 4.58. The molecule has 0 radical (unpaired) electrons. The Morgan fingerprint density at radius 2 is 1.82 bits per heavy atom. The monoisotopic (exact) mass is 306 g/mol. The molecule has 1 aliphatic carbocycles. The van der Waals surface area contributed by atoms with Gasteiger partial charge in [-0.25, -0.2) is 0 Å². The summed E-state index contributed by atoms with van der Waals surface area (Å²) in [6.07, 6.45) is 14.4. The molecule has 126 valence electrons. The van der Waals surface area contributed by atoms with Crippen LogP contribution < -0.4 is 0 Å². The van der Waals surface area contributed by atoms with Gasteiger partial charge in [0.15, 0.2) is 0 Å². The summed E-state index contributed by atoms with van der Waals surface area (Å²) in [5.41, 5.74) is -0.266. The van der Waals surface area contributed by atoms with Crippen LogP contribution in [0.4, 0.5) is 0 Å². The fraction of sp³-hybridized carbons (Fsp3) is 0.700. The zero-order valence-corrected chi connectivity index (χ0v) is 15.0. The lowest BCUT2D eigenvalue weighted by atomic mass is 9.86. The first-order valence-electron chi connectivity index (χ1n) is 8.59. The van der Waals surface area contributed by atoms with Crippen LogP contribution in [0.5, 0.6) is 0 Å². The van der Waals surface area contributed by atoms with Gasteiger partial charge >= 0.3 is 0 Å². The first-order valence-corrected chi connectivity index (χ1v) is 8.59. The number of allylic oxidation sites excluding steroid dienone is 3. The van der Waals surface area contributed by atoms with E-state index in [4.69, 9.17) is 0 Å². The topological polar surface area (TPSA) is 40.5 Å². The van der Waals surface area contributed by atoms with Gasteiger partial charge in [0.2, 0.25) is 0 Å². The first-order chi connectivity index (χ1) is 10.1. The molecule has 2 heteroatoms. The number of rotatable bonds is 1. The maximum absolute atomic E-state index is 10.5. The molecule has 0 aliphatic heterocycles. The Morgan fingerprint density at radius 3 is 2.45 bits per heavy atom. The summed E-state index contributed by atoms with van der Waals surface area (Å²) < 4.78 is 0. The molecule has 0 spiro atoms. The second kappa shape index (κ2) is 8.12. The Bertz CT molecular complexity index is 425. The fourth-order valence-electron chi connectivity index (χ4n) is 2.79. The molecular formula is C20H34O2. The molecule has 0 fully saturated rings. The molecule has 3 unspecified atom stereocenters. The van der Waals surface area contributed by atoms with Gasteiger partial charge in [-0.2, -0.15) is 0 Å². The summed E-state index contributed by atoms with van der Waals surface area (Å²) in [7, 11) is 0. The lowest BCUT2D eigenvalue weighted by molar-refractivity contribution is 0.0985. The Balaban J connectivity index is 2.96. The molecule has 0 aromatic carbocycles. The Morgan fingerprint density at radius 1 is 1.14 bits per heavy atom. The second-order valence-corrected chi connectivity index (χ2v) is 7.72. The quantitative estimate of drug-likeness (QED) is 0.684. The Labute approximate surface area is 136 Å². The van der Waals surface area contributed by atoms with Crippen molar-refractivity contribution >= 4 is 0 Å². The molecule has 0 amide bonds. The summed E-state index contributed by atoms with van der Waals surface area (Å²) >= 11 is 0. The van der Waals surface area contributed by atoms with Crippen LogP contribution in [0.1, 0.15) is 66.7 Å². The molecule has 2 nitrogen and oxygen atoms in total. The molecule has 0 aromatic rings. The van der Waals surface area contributed by atoms with E-state index < -0.39 is 11.2 Å². The molecule has 0 bridgehead atoms. The van der Waals surface area contributed by atoms with Crippen LogP contribution >= 0.6 is 0 Å². The van der Waals surface area contributed by atoms with Crippen LogP contribution in [0.15, 0.2) is 36.0 Å². The molecule has 0 aromatic heterocycles. The second-order valence-electron chi connectivity index (χ2n) is 7.72. The van der Waals surface area contributed by atoms with E-state index in [1.165, 1.54) is 5.57 Å². The number of hydrogen-bond acceptors (Lipinski definition) is 2. The summed E-state index contributed by atoms with van der Waals surface area (Å²) in [6, 6.07) is 0. The number of aliphatic hydroxyl groups is 2. The van der Waals surface area contributed by atoms with Crippen LogP contribution in [-0.4, -0.2) is 21.4 Å². The van der Waals surface area contributed by atoms with Crippen molar-refractivity contribution in [3.63, 3.8) is 0 Å². The smallest absolute Gasteiger partial charge is 0.0834 e. The normalized spacial score (nSPS) is 35.3. The highest BCUT2D eigenvalue weighted by molar-refractivity contribution is 5.09. The Hall–Kier alpha value is -0.860. The molecule has 22 heavy (non-hydrogen) atoms. The maximum Gasteiger partial charge on any atom is 0.0834 e. The van der Waals surface area contributed by atoms with Crippen molar-refractivity contribution in [2.24, 2.45) is 11.8 Å².